The van der Waals surface area contributed by atoms with Crippen molar-refractivity contribution >= 4 is 29.1 Å². The minimum absolute atomic E-state index is 0.0945. The molecular weight excluding hydrogens is 288 g/mol. The first-order valence-electron chi connectivity index (χ1n) is 6.55. The molecule has 1 amide bonds. The molecule has 0 spiro atoms. The van der Waals surface area contributed by atoms with E-state index in [9.17, 15) is 4.79 Å². The number of ether oxygens (including phenoxy) is 1. The Hall–Kier alpha value is -2.20. The Morgan fingerprint density at radius 2 is 1.86 bits per heavy atom. The smallest absolute Gasteiger partial charge is 0.411 e. The molecule has 0 aromatic heterocycles. The average molecular weight is 305 g/mol. The number of carbonyl (C=O) groups is 1. The molecule has 0 aliphatic carbocycles. The molecule has 0 saturated carbocycles. The zero-order valence-corrected chi connectivity index (χ0v) is 12.6. The Labute approximate surface area is 129 Å². The van der Waals surface area contributed by atoms with Crippen LogP contribution in [0.2, 0.25) is 5.02 Å². The first-order chi connectivity index (χ1) is 10.1. The Kier molecular flexibility index (Phi) is 5.06. The van der Waals surface area contributed by atoms with Crippen molar-refractivity contribution in [2.45, 2.75) is 13.0 Å². The largest absolute Gasteiger partial charge is 0.453 e. The Morgan fingerprint density at radius 3 is 2.57 bits per heavy atom. The van der Waals surface area contributed by atoms with Crippen LogP contribution in [0.5, 0.6) is 0 Å². The third-order valence-corrected chi connectivity index (χ3v) is 3.26. The van der Waals surface area contributed by atoms with Gasteiger partial charge in [0, 0.05) is 22.4 Å². The topological polar surface area (TPSA) is 50.4 Å². The molecule has 1 unspecified atom stereocenters. The lowest BCUT2D eigenvalue weighted by molar-refractivity contribution is 0.187. The number of carbonyl (C=O) groups excluding carboxylic acids is 1. The predicted octanol–water partition coefficient (Wildman–Crippen LogP) is 4.69. The van der Waals surface area contributed by atoms with Gasteiger partial charge in [-0.1, -0.05) is 29.8 Å². The van der Waals surface area contributed by atoms with Crippen molar-refractivity contribution in [3.8, 4) is 0 Å². The van der Waals surface area contributed by atoms with Gasteiger partial charge < -0.3 is 10.1 Å². The van der Waals surface area contributed by atoms with Crippen LogP contribution in [0.15, 0.2) is 48.5 Å². The fourth-order valence-electron chi connectivity index (χ4n) is 1.96. The number of benzene rings is 2. The molecule has 5 heteroatoms. The second-order valence-electron chi connectivity index (χ2n) is 4.62. The van der Waals surface area contributed by atoms with E-state index in [4.69, 9.17) is 11.6 Å². The lowest BCUT2D eigenvalue weighted by Gasteiger charge is -2.16. The highest BCUT2D eigenvalue weighted by molar-refractivity contribution is 6.30. The summed E-state index contributed by atoms with van der Waals surface area (Å²) in [5.41, 5.74) is 2.66. The maximum atomic E-state index is 11.2. The van der Waals surface area contributed by atoms with Gasteiger partial charge in [0.1, 0.15) is 0 Å². The second kappa shape index (κ2) is 6.99. The molecule has 0 fully saturated rings. The number of amides is 1. The molecule has 2 aromatic rings. The van der Waals surface area contributed by atoms with Gasteiger partial charge >= 0.3 is 6.09 Å². The number of nitrogens with one attached hydrogen (secondary N) is 2. The van der Waals surface area contributed by atoms with Crippen molar-refractivity contribution in [2.75, 3.05) is 17.7 Å². The molecule has 0 aliphatic rings. The maximum absolute atomic E-state index is 11.2. The van der Waals surface area contributed by atoms with E-state index >= 15 is 0 Å². The number of methoxy groups -OCH3 is 1. The van der Waals surface area contributed by atoms with Crippen LogP contribution in [0.3, 0.4) is 0 Å². The molecular formula is C16H17ClN2O2. The van der Waals surface area contributed by atoms with Gasteiger partial charge in [0.05, 0.1) is 7.11 Å². The van der Waals surface area contributed by atoms with Crippen LogP contribution in [0.25, 0.3) is 0 Å². The van der Waals surface area contributed by atoms with E-state index in [2.05, 4.69) is 15.4 Å². The third-order valence-electron chi connectivity index (χ3n) is 3.03. The van der Waals surface area contributed by atoms with Crippen LogP contribution in [-0.2, 0) is 4.74 Å². The molecule has 1 atom stereocenters. The van der Waals surface area contributed by atoms with E-state index in [1.165, 1.54) is 7.11 Å². The molecule has 0 saturated heterocycles. The molecule has 21 heavy (non-hydrogen) atoms. The molecule has 2 N–H and O–H groups in total. The number of anilines is 2. The van der Waals surface area contributed by atoms with Gasteiger partial charge in [-0.25, -0.2) is 4.79 Å². The van der Waals surface area contributed by atoms with Crippen molar-refractivity contribution in [3.05, 3.63) is 59.1 Å². The van der Waals surface area contributed by atoms with E-state index < -0.39 is 6.09 Å². The predicted molar refractivity (Wildman–Crippen MR) is 86.0 cm³/mol. The molecule has 0 bridgehead atoms. The summed E-state index contributed by atoms with van der Waals surface area (Å²) in [6.45, 7) is 2.05. The van der Waals surface area contributed by atoms with Gasteiger partial charge in [-0.15, -0.1) is 0 Å². The summed E-state index contributed by atoms with van der Waals surface area (Å²) in [7, 11) is 1.33. The van der Waals surface area contributed by atoms with Crippen LogP contribution >= 0.6 is 11.6 Å². The number of rotatable bonds is 4. The van der Waals surface area contributed by atoms with Crippen molar-refractivity contribution in [1.29, 1.82) is 0 Å². The van der Waals surface area contributed by atoms with Crippen molar-refractivity contribution < 1.29 is 9.53 Å². The summed E-state index contributed by atoms with van der Waals surface area (Å²) in [6, 6.07) is 15.2. The summed E-state index contributed by atoms with van der Waals surface area (Å²) in [6.07, 6.45) is -0.491. The van der Waals surface area contributed by atoms with Crippen molar-refractivity contribution in [3.63, 3.8) is 0 Å². The van der Waals surface area contributed by atoms with Gasteiger partial charge in [-0.2, -0.15) is 0 Å². The summed E-state index contributed by atoms with van der Waals surface area (Å²) < 4.78 is 4.57. The molecule has 0 radical (unpaired) electrons. The SMILES string of the molecule is COC(=O)Nc1cccc(NC(C)c2cccc(Cl)c2)c1. The van der Waals surface area contributed by atoms with E-state index in [0.29, 0.717) is 10.7 Å². The fourth-order valence-corrected chi connectivity index (χ4v) is 2.16. The highest BCUT2D eigenvalue weighted by Crippen LogP contribution is 2.23. The average Bonchev–Trinajstić information content (AvgIpc) is 2.47. The van der Waals surface area contributed by atoms with Gasteiger partial charge in [-0.3, -0.25) is 5.32 Å². The number of hydrogen-bond donors (Lipinski definition) is 2. The molecule has 110 valence electrons. The minimum atomic E-state index is -0.491. The summed E-state index contributed by atoms with van der Waals surface area (Å²) >= 11 is 6.00. The standard InChI is InChI=1S/C16H17ClN2O2/c1-11(12-5-3-6-13(17)9-12)18-14-7-4-8-15(10-14)19-16(20)21-2/h3-11,18H,1-2H3,(H,19,20). The quantitative estimate of drug-likeness (QED) is 0.861. The molecule has 2 rings (SSSR count). The summed E-state index contributed by atoms with van der Waals surface area (Å²) in [4.78, 5) is 11.2. The van der Waals surface area contributed by atoms with Crippen molar-refractivity contribution in [1.82, 2.24) is 0 Å². The summed E-state index contributed by atoms with van der Waals surface area (Å²) in [5, 5.41) is 6.71. The maximum Gasteiger partial charge on any atom is 0.411 e. The van der Waals surface area contributed by atoms with Gasteiger partial charge in [0.2, 0.25) is 0 Å². The van der Waals surface area contributed by atoms with Crippen LogP contribution in [0.4, 0.5) is 16.2 Å². The zero-order chi connectivity index (χ0) is 15.2. The molecule has 4 nitrogen and oxygen atoms in total. The number of halogens is 1. The van der Waals surface area contributed by atoms with Crippen molar-refractivity contribution in [2.24, 2.45) is 0 Å². The Bertz CT molecular complexity index is 631. The monoisotopic (exact) mass is 304 g/mol. The normalized spacial score (nSPS) is 11.6. The first-order valence-corrected chi connectivity index (χ1v) is 6.93. The lowest BCUT2D eigenvalue weighted by Crippen LogP contribution is -2.11. The van der Waals surface area contributed by atoms with Crippen LogP contribution < -0.4 is 10.6 Å². The molecule has 0 heterocycles. The minimum Gasteiger partial charge on any atom is -0.453 e. The zero-order valence-electron chi connectivity index (χ0n) is 11.9. The van der Waals surface area contributed by atoms with Gasteiger partial charge in [-0.05, 0) is 42.8 Å². The highest BCUT2D eigenvalue weighted by Gasteiger charge is 2.07. The molecule has 0 aliphatic heterocycles. The fraction of sp³-hybridized carbons (Fsp3) is 0.188. The van der Waals surface area contributed by atoms with Crippen LogP contribution in [0.1, 0.15) is 18.5 Å². The highest BCUT2D eigenvalue weighted by atomic mass is 35.5. The Balaban J connectivity index is 2.08. The van der Waals surface area contributed by atoms with Gasteiger partial charge in [0.15, 0.2) is 0 Å². The van der Waals surface area contributed by atoms with E-state index in [1.807, 2.05) is 49.4 Å². The summed E-state index contributed by atoms with van der Waals surface area (Å²) in [5.74, 6) is 0. The first kappa shape index (κ1) is 15.2. The van der Waals surface area contributed by atoms with Crippen LogP contribution in [-0.4, -0.2) is 13.2 Å². The van der Waals surface area contributed by atoms with E-state index in [-0.39, 0.29) is 6.04 Å². The lowest BCUT2D eigenvalue weighted by atomic mass is 10.1. The van der Waals surface area contributed by atoms with E-state index in [1.54, 1.807) is 6.07 Å². The number of hydrogen-bond acceptors (Lipinski definition) is 3. The van der Waals surface area contributed by atoms with Gasteiger partial charge in [0.25, 0.3) is 0 Å². The van der Waals surface area contributed by atoms with E-state index in [0.717, 1.165) is 11.3 Å². The second-order valence-corrected chi connectivity index (χ2v) is 5.05. The third kappa shape index (κ3) is 4.39. The van der Waals surface area contributed by atoms with Crippen LogP contribution in [0, 0.1) is 0 Å². The Morgan fingerprint density at radius 1 is 1.14 bits per heavy atom. The molecule has 2 aromatic carbocycles.